The number of aromatic carboxylic acids is 1. The fraction of sp³-hybridized carbons (Fsp3) is 0.0769. The molecule has 4 nitrogen and oxygen atoms in total. The standard InChI is InChI=1S/C13H10BrNO3S/c1-7-2-3-9(10(14)4-7)12(16)15-11-5-8(6-19-11)13(17)18/h2-6H,1H3,(H,15,16)(H,17,18). The fourth-order valence-corrected chi connectivity index (χ4v) is 2.94. The minimum atomic E-state index is -1.01. The molecule has 1 aromatic carbocycles. The molecule has 98 valence electrons. The van der Waals surface area contributed by atoms with Gasteiger partial charge in [-0.15, -0.1) is 11.3 Å². The van der Waals surface area contributed by atoms with Gasteiger partial charge in [-0.1, -0.05) is 6.07 Å². The molecular formula is C13H10BrNO3S. The van der Waals surface area contributed by atoms with E-state index in [1.807, 2.05) is 19.1 Å². The van der Waals surface area contributed by atoms with Crippen molar-refractivity contribution < 1.29 is 14.7 Å². The third-order valence-electron chi connectivity index (χ3n) is 2.45. The number of rotatable bonds is 3. The molecule has 0 radical (unpaired) electrons. The normalized spacial score (nSPS) is 10.2. The van der Waals surface area contributed by atoms with E-state index in [0.717, 1.165) is 5.56 Å². The largest absolute Gasteiger partial charge is 0.478 e. The van der Waals surface area contributed by atoms with E-state index in [4.69, 9.17) is 5.11 Å². The highest BCUT2D eigenvalue weighted by molar-refractivity contribution is 9.10. The molecule has 2 rings (SSSR count). The van der Waals surface area contributed by atoms with Crippen LogP contribution in [0, 0.1) is 6.92 Å². The molecule has 0 bridgehead atoms. The SMILES string of the molecule is Cc1ccc(C(=O)Nc2cc(C(=O)O)cs2)c(Br)c1. The van der Waals surface area contributed by atoms with Gasteiger partial charge in [0.05, 0.1) is 16.1 Å². The van der Waals surface area contributed by atoms with Gasteiger partial charge in [0.15, 0.2) is 0 Å². The molecule has 19 heavy (non-hydrogen) atoms. The van der Waals surface area contributed by atoms with Crippen molar-refractivity contribution in [3.63, 3.8) is 0 Å². The summed E-state index contributed by atoms with van der Waals surface area (Å²) in [5, 5.41) is 13.5. The van der Waals surface area contributed by atoms with Crippen molar-refractivity contribution >= 4 is 44.1 Å². The van der Waals surface area contributed by atoms with E-state index in [0.29, 0.717) is 15.0 Å². The highest BCUT2D eigenvalue weighted by atomic mass is 79.9. The first-order valence-electron chi connectivity index (χ1n) is 5.36. The lowest BCUT2D eigenvalue weighted by atomic mass is 10.1. The monoisotopic (exact) mass is 339 g/mol. The summed E-state index contributed by atoms with van der Waals surface area (Å²) in [6.07, 6.45) is 0. The van der Waals surface area contributed by atoms with Gasteiger partial charge in [0.2, 0.25) is 0 Å². The molecule has 2 N–H and O–H groups in total. The van der Waals surface area contributed by atoms with Crippen LogP contribution in [0.25, 0.3) is 0 Å². The van der Waals surface area contributed by atoms with E-state index in [1.165, 1.54) is 22.8 Å². The molecule has 1 aromatic heterocycles. The van der Waals surface area contributed by atoms with Crippen LogP contribution in [0.1, 0.15) is 26.3 Å². The summed E-state index contributed by atoms with van der Waals surface area (Å²) in [5.41, 5.74) is 1.73. The van der Waals surface area contributed by atoms with Crippen LogP contribution < -0.4 is 5.32 Å². The summed E-state index contributed by atoms with van der Waals surface area (Å²) in [4.78, 5) is 22.8. The van der Waals surface area contributed by atoms with E-state index in [-0.39, 0.29) is 11.5 Å². The number of carboxylic acid groups (broad SMARTS) is 1. The number of carbonyl (C=O) groups is 2. The zero-order valence-corrected chi connectivity index (χ0v) is 12.3. The first-order valence-corrected chi connectivity index (χ1v) is 7.04. The second kappa shape index (κ2) is 5.54. The lowest BCUT2D eigenvalue weighted by molar-refractivity contribution is 0.0697. The molecular weight excluding hydrogens is 330 g/mol. The van der Waals surface area contributed by atoms with Gasteiger partial charge in [-0.25, -0.2) is 4.79 Å². The molecule has 0 saturated carbocycles. The number of hydrogen-bond acceptors (Lipinski definition) is 3. The maximum absolute atomic E-state index is 12.0. The smallest absolute Gasteiger partial charge is 0.336 e. The average Bonchev–Trinajstić information content (AvgIpc) is 2.77. The third-order valence-corrected chi connectivity index (χ3v) is 3.95. The van der Waals surface area contributed by atoms with E-state index < -0.39 is 5.97 Å². The predicted octanol–water partition coefficient (Wildman–Crippen LogP) is 3.77. The third kappa shape index (κ3) is 3.21. The van der Waals surface area contributed by atoms with Crippen molar-refractivity contribution in [3.05, 3.63) is 50.8 Å². The fourth-order valence-electron chi connectivity index (χ4n) is 1.50. The average molecular weight is 340 g/mol. The molecule has 0 unspecified atom stereocenters. The number of carbonyl (C=O) groups excluding carboxylic acids is 1. The molecule has 0 saturated heterocycles. The van der Waals surface area contributed by atoms with Gasteiger partial charge in [0, 0.05) is 9.85 Å². The van der Waals surface area contributed by atoms with E-state index in [2.05, 4.69) is 21.2 Å². The first kappa shape index (κ1) is 13.8. The minimum absolute atomic E-state index is 0.170. The summed E-state index contributed by atoms with van der Waals surface area (Å²) in [6.45, 7) is 1.94. The molecule has 0 spiro atoms. The Morgan fingerprint density at radius 3 is 2.63 bits per heavy atom. The van der Waals surface area contributed by atoms with E-state index in [1.54, 1.807) is 6.07 Å². The molecule has 6 heteroatoms. The summed E-state index contributed by atoms with van der Waals surface area (Å²) in [7, 11) is 0. The predicted molar refractivity (Wildman–Crippen MR) is 78.1 cm³/mol. The lowest BCUT2D eigenvalue weighted by Crippen LogP contribution is -2.11. The Labute approximate surface area is 122 Å². The van der Waals surface area contributed by atoms with Crippen molar-refractivity contribution in [1.82, 2.24) is 0 Å². The number of thiophene rings is 1. The number of anilines is 1. The van der Waals surface area contributed by atoms with Crippen molar-refractivity contribution in [3.8, 4) is 0 Å². The van der Waals surface area contributed by atoms with Crippen LogP contribution in [0.2, 0.25) is 0 Å². The lowest BCUT2D eigenvalue weighted by Gasteiger charge is -2.05. The Hall–Kier alpha value is -1.66. The van der Waals surface area contributed by atoms with Gasteiger partial charge in [-0.2, -0.15) is 0 Å². The Kier molecular flexibility index (Phi) is 4.01. The number of nitrogens with one attached hydrogen (secondary N) is 1. The van der Waals surface area contributed by atoms with Gasteiger partial charge in [0.1, 0.15) is 0 Å². The number of halogens is 1. The van der Waals surface area contributed by atoms with Crippen LogP contribution in [0.5, 0.6) is 0 Å². The summed E-state index contributed by atoms with van der Waals surface area (Å²) >= 11 is 4.52. The molecule has 0 aliphatic rings. The van der Waals surface area contributed by atoms with Gasteiger partial charge >= 0.3 is 5.97 Å². The molecule has 0 aliphatic heterocycles. The minimum Gasteiger partial charge on any atom is -0.478 e. The van der Waals surface area contributed by atoms with Gasteiger partial charge < -0.3 is 10.4 Å². The highest BCUT2D eigenvalue weighted by Gasteiger charge is 2.13. The van der Waals surface area contributed by atoms with Crippen LogP contribution in [0.15, 0.2) is 34.1 Å². The second-order valence-electron chi connectivity index (χ2n) is 3.94. The number of benzene rings is 1. The van der Waals surface area contributed by atoms with Crippen LogP contribution in [0.3, 0.4) is 0 Å². The highest BCUT2D eigenvalue weighted by Crippen LogP contribution is 2.23. The molecule has 1 heterocycles. The topological polar surface area (TPSA) is 66.4 Å². The summed E-state index contributed by atoms with van der Waals surface area (Å²) in [5.74, 6) is -1.28. The second-order valence-corrected chi connectivity index (χ2v) is 5.71. The van der Waals surface area contributed by atoms with Crippen LogP contribution >= 0.6 is 27.3 Å². The summed E-state index contributed by atoms with van der Waals surface area (Å²) < 4.78 is 0.708. The van der Waals surface area contributed by atoms with Crippen molar-refractivity contribution in [2.75, 3.05) is 5.32 Å². The molecule has 0 fully saturated rings. The van der Waals surface area contributed by atoms with Crippen LogP contribution in [0.4, 0.5) is 5.00 Å². The quantitative estimate of drug-likeness (QED) is 0.894. The van der Waals surface area contributed by atoms with Gasteiger partial charge in [0.25, 0.3) is 5.91 Å². The Morgan fingerprint density at radius 1 is 1.32 bits per heavy atom. The Bertz CT molecular complexity index is 651. The maximum atomic E-state index is 12.0. The van der Waals surface area contributed by atoms with Crippen LogP contribution in [-0.4, -0.2) is 17.0 Å². The van der Waals surface area contributed by atoms with Crippen molar-refractivity contribution in [1.29, 1.82) is 0 Å². The number of amides is 1. The molecule has 1 amide bonds. The first-order chi connectivity index (χ1) is 8.97. The van der Waals surface area contributed by atoms with Gasteiger partial charge in [-0.3, -0.25) is 4.79 Å². The summed E-state index contributed by atoms with van der Waals surface area (Å²) in [6, 6.07) is 6.86. The van der Waals surface area contributed by atoms with Crippen LogP contribution in [-0.2, 0) is 0 Å². The number of hydrogen-bond donors (Lipinski definition) is 2. The maximum Gasteiger partial charge on any atom is 0.336 e. The number of carboxylic acids is 1. The molecule has 2 aromatic rings. The Morgan fingerprint density at radius 2 is 2.05 bits per heavy atom. The molecule has 0 aliphatic carbocycles. The Balaban J connectivity index is 2.18. The van der Waals surface area contributed by atoms with Gasteiger partial charge in [-0.05, 0) is 46.6 Å². The zero-order chi connectivity index (χ0) is 14.0. The van der Waals surface area contributed by atoms with Crippen molar-refractivity contribution in [2.45, 2.75) is 6.92 Å². The van der Waals surface area contributed by atoms with E-state index in [9.17, 15) is 9.59 Å². The number of aryl methyl sites for hydroxylation is 1. The zero-order valence-electron chi connectivity index (χ0n) is 9.94. The van der Waals surface area contributed by atoms with Crippen molar-refractivity contribution in [2.24, 2.45) is 0 Å². The van der Waals surface area contributed by atoms with E-state index >= 15 is 0 Å². The molecule has 0 atom stereocenters.